The van der Waals surface area contributed by atoms with E-state index in [1.807, 2.05) is 31.2 Å². The molecule has 0 saturated heterocycles. The van der Waals surface area contributed by atoms with Gasteiger partial charge in [-0.05, 0) is 56.5 Å². The molecule has 2 aromatic carbocycles. The van der Waals surface area contributed by atoms with Gasteiger partial charge in [0.15, 0.2) is 0 Å². The molecule has 0 fully saturated rings. The molecule has 1 aromatic heterocycles. The molecule has 8 heteroatoms. The van der Waals surface area contributed by atoms with Crippen LogP contribution in [0.25, 0.3) is 0 Å². The van der Waals surface area contributed by atoms with Crippen molar-refractivity contribution in [2.45, 2.75) is 44.6 Å². The minimum Gasteiger partial charge on any atom is -0.463 e. The van der Waals surface area contributed by atoms with E-state index in [-0.39, 0.29) is 5.97 Å². The number of nitrogens with one attached hydrogen (secondary N) is 1. The summed E-state index contributed by atoms with van der Waals surface area (Å²) in [4.78, 5) is 17.5. The second-order valence-corrected chi connectivity index (χ2v) is 9.10. The van der Waals surface area contributed by atoms with E-state index in [2.05, 4.69) is 42.3 Å². The van der Waals surface area contributed by atoms with E-state index >= 15 is 0 Å². The Balaban J connectivity index is 1.68. The van der Waals surface area contributed by atoms with Gasteiger partial charge in [-0.2, -0.15) is 4.98 Å². The molecule has 166 valence electrons. The van der Waals surface area contributed by atoms with Crippen molar-refractivity contribution in [3.8, 4) is 0 Å². The van der Waals surface area contributed by atoms with E-state index in [0.717, 1.165) is 11.3 Å². The fourth-order valence-corrected chi connectivity index (χ4v) is 4.80. The van der Waals surface area contributed by atoms with Gasteiger partial charge in [0.2, 0.25) is 11.1 Å². The number of thioether (sulfide) groups is 1. The molecule has 0 radical (unpaired) electrons. The molecule has 3 aromatic rings. The first kappa shape index (κ1) is 22.4. The second-order valence-electron chi connectivity index (χ2n) is 7.72. The number of hydrogen-bond donors (Lipinski definition) is 1. The molecule has 0 unspecified atom stereocenters. The molecule has 1 atom stereocenters. The maximum Gasteiger partial charge on any atom is 0.338 e. The first-order valence-corrected chi connectivity index (χ1v) is 11.8. The van der Waals surface area contributed by atoms with Gasteiger partial charge in [-0.15, -0.1) is 5.10 Å². The lowest BCUT2D eigenvalue weighted by atomic mass is 9.96. The minimum absolute atomic E-state index is 0.296. The average Bonchev–Trinajstić information content (AvgIpc) is 3.15. The summed E-state index contributed by atoms with van der Waals surface area (Å²) in [5.74, 6) is 0.986. The lowest BCUT2D eigenvalue weighted by Gasteiger charge is -2.28. The van der Waals surface area contributed by atoms with Gasteiger partial charge in [0.05, 0.1) is 12.2 Å². The first-order chi connectivity index (χ1) is 15.4. The molecular formula is C24H25ClN4O2S. The standard InChI is InChI=1S/C24H25ClN4O2S/c1-5-31-22(30)20-16(4)26-23-27-24(32-13-18-7-6-14(2)12-15(18)3)28-29(23)21(20)17-8-10-19(25)11-9-17/h6-12,21H,5,13H2,1-4H3,(H,26,27,28)/t21-/m0/s1. The molecule has 0 spiro atoms. The number of esters is 1. The van der Waals surface area contributed by atoms with Gasteiger partial charge < -0.3 is 10.1 Å². The Morgan fingerprint density at radius 2 is 1.94 bits per heavy atom. The number of carbonyl (C=O) groups is 1. The molecule has 1 aliphatic rings. The van der Waals surface area contributed by atoms with E-state index in [1.54, 1.807) is 23.4 Å². The highest BCUT2D eigenvalue weighted by Crippen LogP contribution is 2.37. The van der Waals surface area contributed by atoms with Crippen LogP contribution in [0.2, 0.25) is 5.02 Å². The van der Waals surface area contributed by atoms with Gasteiger partial charge in [0.1, 0.15) is 6.04 Å². The number of aromatic nitrogens is 3. The molecule has 4 rings (SSSR count). The third kappa shape index (κ3) is 4.54. The lowest BCUT2D eigenvalue weighted by Crippen LogP contribution is -2.29. The van der Waals surface area contributed by atoms with Gasteiger partial charge in [0.25, 0.3) is 0 Å². The van der Waals surface area contributed by atoms with Crippen molar-refractivity contribution in [3.63, 3.8) is 0 Å². The Morgan fingerprint density at radius 3 is 2.62 bits per heavy atom. The zero-order valence-electron chi connectivity index (χ0n) is 18.5. The van der Waals surface area contributed by atoms with Gasteiger partial charge in [-0.3, -0.25) is 0 Å². The molecule has 1 aliphatic heterocycles. The zero-order chi connectivity index (χ0) is 22.8. The number of rotatable bonds is 6. The van der Waals surface area contributed by atoms with Crippen LogP contribution in [-0.4, -0.2) is 27.3 Å². The number of nitrogens with zero attached hydrogens (tertiary/aromatic N) is 3. The second kappa shape index (κ2) is 9.38. The normalized spacial score (nSPS) is 15.3. The Bertz CT molecular complexity index is 1190. The van der Waals surface area contributed by atoms with Crippen LogP contribution in [0.1, 0.15) is 42.1 Å². The lowest BCUT2D eigenvalue weighted by molar-refractivity contribution is -0.139. The van der Waals surface area contributed by atoms with Crippen molar-refractivity contribution < 1.29 is 9.53 Å². The van der Waals surface area contributed by atoms with E-state index in [1.165, 1.54) is 16.7 Å². The number of anilines is 1. The minimum atomic E-state index is -0.453. The maximum absolute atomic E-state index is 12.8. The Kier molecular flexibility index (Phi) is 6.58. The summed E-state index contributed by atoms with van der Waals surface area (Å²) in [5, 5.41) is 9.25. The molecular weight excluding hydrogens is 444 g/mol. The number of halogens is 1. The number of allylic oxidation sites excluding steroid dienone is 1. The molecule has 0 aliphatic carbocycles. The molecule has 0 bridgehead atoms. The monoisotopic (exact) mass is 468 g/mol. The SMILES string of the molecule is CCOC(=O)C1=C(C)Nc2nc(SCc3ccc(C)cc3C)nn2[C@H]1c1ccc(Cl)cc1. The van der Waals surface area contributed by atoms with Crippen molar-refractivity contribution in [3.05, 3.63) is 81.0 Å². The molecule has 32 heavy (non-hydrogen) atoms. The van der Waals surface area contributed by atoms with E-state index in [0.29, 0.717) is 34.0 Å². The molecule has 2 heterocycles. The number of ether oxygens (including phenoxy) is 1. The largest absolute Gasteiger partial charge is 0.463 e. The summed E-state index contributed by atoms with van der Waals surface area (Å²) in [5.41, 5.74) is 5.84. The Morgan fingerprint density at radius 1 is 1.19 bits per heavy atom. The molecule has 1 N–H and O–H groups in total. The van der Waals surface area contributed by atoms with Crippen molar-refractivity contribution in [1.82, 2.24) is 14.8 Å². The number of benzene rings is 2. The average molecular weight is 469 g/mol. The van der Waals surface area contributed by atoms with Gasteiger partial charge in [0, 0.05) is 16.5 Å². The van der Waals surface area contributed by atoms with Crippen LogP contribution in [-0.2, 0) is 15.3 Å². The molecule has 6 nitrogen and oxygen atoms in total. The van der Waals surface area contributed by atoms with E-state index < -0.39 is 6.04 Å². The number of fused-ring (bicyclic) bond motifs is 1. The van der Waals surface area contributed by atoms with Crippen LogP contribution in [0.5, 0.6) is 0 Å². The van der Waals surface area contributed by atoms with Crippen LogP contribution in [0, 0.1) is 13.8 Å². The van der Waals surface area contributed by atoms with E-state index in [9.17, 15) is 4.79 Å². The Hall–Kier alpha value is -2.77. The first-order valence-electron chi connectivity index (χ1n) is 10.4. The van der Waals surface area contributed by atoms with Crippen molar-refractivity contribution in [1.29, 1.82) is 0 Å². The summed E-state index contributed by atoms with van der Waals surface area (Å²) in [7, 11) is 0. The summed E-state index contributed by atoms with van der Waals surface area (Å²) in [6.45, 7) is 8.16. The number of hydrogen-bond acceptors (Lipinski definition) is 6. The third-order valence-electron chi connectivity index (χ3n) is 5.37. The topological polar surface area (TPSA) is 69.0 Å². The molecule has 0 amide bonds. The van der Waals surface area contributed by atoms with Crippen LogP contribution < -0.4 is 5.32 Å². The van der Waals surface area contributed by atoms with Crippen LogP contribution >= 0.6 is 23.4 Å². The fraction of sp³-hybridized carbons (Fsp3) is 0.292. The quantitative estimate of drug-likeness (QED) is 0.370. The zero-order valence-corrected chi connectivity index (χ0v) is 20.0. The van der Waals surface area contributed by atoms with Crippen molar-refractivity contribution in [2.24, 2.45) is 0 Å². The summed E-state index contributed by atoms with van der Waals surface area (Å²) in [6.07, 6.45) is 0. The summed E-state index contributed by atoms with van der Waals surface area (Å²) < 4.78 is 7.10. The smallest absolute Gasteiger partial charge is 0.338 e. The van der Waals surface area contributed by atoms with Gasteiger partial charge in [-0.25, -0.2) is 9.48 Å². The number of carbonyl (C=O) groups excluding carboxylic acids is 1. The van der Waals surface area contributed by atoms with Gasteiger partial charge >= 0.3 is 5.97 Å². The predicted molar refractivity (Wildman–Crippen MR) is 128 cm³/mol. The molecule has 0 saturated carbocycles. The van der Waals surface area contributed by atoms with Crippen molar-refractivity contribution in [2.75, 3.05) is 11.9 Å². The highest BCUT2D eigenvalue weighted by Gasteiger charge is 2.35. The highest BCUT2D eigenvalue weighted by molar-refractivity contribution is 7.98. The third-order valence-corrected chi connectivity index (χ3v) is 6.51. The van der Waals surface area contributed by atoms with Crippen LogP contribution in [0.15, 0.2) is 58.9 Å². The van der Waals surface area contributed by atoms with Crippen molar-refractivity contribution >= 4 is 35.3 Å². The van der Waals surface area contributed by atoms with Crippen LogP contribution in [0.4, 0.5) is 5.95 Å². The predicted octanol–water partition coefficient (Wildman–Crippen LogP) is 5.69. The fourth-order valence-electron chi connectivity index (χ4n) is 3.77. The summed E-state index contributed by atoms with van der Waals surface area (Å²) in [6, 6.07) is 13.4. The summed E-state index contributed by atoms with van der Waals surface area (Å²) >= 11 is 7.67. The maximum atomic E-state index is 12.8. The number of aryl methyl sites for hydroxylation is 2. The Labute approximate surface area is 197 Å². The highest BCUT2D eigenvalue weighted by atomic mass is 35.5. The van der Waals surface area contributed by atoms with Crippen LogP contribution in [0.3, 0.4) is 0 Å². The van der Waals surface area contributed by atoms with Gasteiger partial charge in [-0.1, -0.05) is 59.3 Å². The van der Waals surface area contributed by atoms with E-state index in [4.69, 9.17) is 21.4 Å².